The fourth-order valence-corrected chi connectivity index (χ4v) is 3.18. The number of benzene rings is 2. The highest BCUT2D eigenvalue weighted by molar-refractivity contribution is 5.92. The number of hydrogen-bond acceptors (Lipinski definition) is 5. The third kappa shape index (κ3) is 4.13. The zero-order valence-electron chi connectivity index (χ0n) is 16.1. The maximum atomic E-state index is 12.6. The molecule has 2 aromatic carbocycles. The van der Waals surface area contributed by atoms with Crippen LogP contribution < -0.4 is 20.2 Å². The Balaban J connectivity index is 1.45. The molecule has 0 atom stereocenters. The number of fused-ring (bicyclic) bond motifs is 1. The minimum absolute atomic E-state index is 0.123. The van der Waals surface area contributed by atoms with Crippen molar-refractivity contribution in [3.05, 3.63) is 81.8 Å². The van der Waals surface area contributed by atoms with Crippen LogP contribution in [0.1, 0.15) is 21.7 Å². The van der Waals surface area contributed by atoms with E-state index in [0.29, 0.717) is 37.6 Å². The summed E-state index contributed by atoms with van der Waals surface area (Å²) >= 11 is 0. The van der Waals surface area contributed by atoms with Crippen LogP contribution in [0.2, 0.25) is 0 Å². The van der Waals surface area contributed by atoms with E-state index in [-0.39, 0.29) is 5.69 Å². The summed E-state index contributed by atoms with van der Waals surface area (Å²) in [4.78, 5) is 24.8. The average Bonchev–Trinajstić information content (AvgIpc) is 2.74. The molecule has 0 saturated carbocycles. The van der Waals surface area contributed by atoms with E-state index in [1.807, 2.05) is 48.5 Å². The molecule has 0 saturated heterocycles. The summed E-state index contributed by atoms with van der Waals surface area (Å²) in [5, 5.41) is 7.06. The van der Waals surface area contributed by atoms with Gasteiger partial charge in [-0.25, -0.2) is 4.68 Å². The molecule has 3 aromatic rings. The molecule has 0 unspecified atom stereocenters. The molecule has 7 nitrogen and oxygen atoms in total. The number of nitrogens with zero attached hydrogens (tertiary/aromatic N) is 2. The van der Waals surface area contributed by atoms with Crippen LogP contribution in [0, 0.1) is 6.92 Å². The molecule has 0 aliphatic carbocycles. The topological polar surface area (TPSA) is 82.5 Å². The Morgan fingerprint density at radius 2 is 1.83 bits per heavy atom. The summed E-state index contributed by atoms with van der Waals surface area (Å²) in [5.74, 6) is 0.956. The Kier molecular flexibility index (Phi) is 5.29. The third-order valence-electron chi connectivity index (χ3n) is 4.63. The zero-order valence-corrected chi connectivity index (χ0v) is 16.1. The van der Waals surface area contributed by atoms with E-state index in [1.54, 1.807) is 11.6 Å². The number of carbonyl (C=O) groups is 1. The van der Waals surface area contributed by atoms with Crippen LogP contribution in [0.5, 0.6) is 11.5 Å². The molecule has 1 aliphatic rings. The minimum atomic E-state index is -0.489. The molecule has 0 spiro atoms. The Hall–Kier alpha value is -3.61. The highest BCUT2D eigenvalue weighted by atomic mass is 16.6. The largest absolute Gasteiger partial charge is 0.486 e. The fourth-order valence-electron chi connectivity index (χ4n) is 3.18. The van der Waals surface area contributed by atoms with Gasteiger partial charge >= 0.3 is 0 Å². The fraction of sp³-hybridized carbons (Fsp3) is 0.227. The van der Waals surface area contributed by atoms with E-state index < -0.39 is 11.3 Å². The molecule has 1 aromatic heterocycles. The summed E-state index contributed by atoms with van der Waals surface area (Å²) in [5.41, 5.74) is 1.94. The van der Waals surface area contributed by atoms with Gasteiger partial charge in [-0.15, -0.1) is 0 Å². The normalized spacial score (nSPS) is 12.4. The minimum Gasteiger partial charge on any atom is -0.486 e. The lowest BCUT2D eigenvalue weighted by molar-refractivity contribution is 0.0946. The summed E-state index contributed by atoms with van der Waals surface area (Å²) < 4.78 is 12.7. The number of aryl methyl sites for hydroxylation is 1. The van der Waals surface area contributed by atoms with E-state index in [1.165, 1.54) is 6.07 Å². The molecule has 1 N–H and O–H groups in total. The molecule has 0 radical (unpaired) electrons. The first-order valence-electron chi connectivity index (χ1n) is 9.45. The van der Waals surface area contributed by atoms with E-state index in [2.05, 4.69) is 10.4 Å². The SMILES string of the molecule is Cc1cc(=O)c(C(=O)NCCc2ccc3c(c2)OCCO3)nn1-c1ccccc1. The van der Waals surface area contributed by atoms with E-state index in [9.17, 15) is 9.59 Å². The molecule has 0 bridgehead atoms. The maximum absolute atomic E-state index is 12.6. The number of amides is 1. The van der Waals surface area contributed by atoms with Crippen molar-refractivity contribution < 1.29 is 14.3 Å². The Labute approximate surface area is 167 Å². The van der Waals surface area contributed by atoms with Crippen LogP contribution in [0.15, 0.2) is 59.4 Å². The second-order valence-corrected chi connectivity index (χ2v) is 6.73. The summed E-state index contributed by atoms with van der Waals surface area (Å²) in [6.45, 7) is 3.23. The number of ether oxygens (including phenoxy) is 2. The van der Waals surface area contributed by atoms with Gasteiger partial charge in [-0.1, -0.05) is 24.3 Å². The van der Waals surface area contributed by atoms with Crippen molar-refractivity contribution >= 4 is 5.91 Å². The van der Waals surface area contributed by atoms with Crippen molar-refractivity contribution in [2.75, 3.05) is 19.8 Å². The van der Waals surface area contributed by atoms with Crippen LogP contribution in [0.4, 0.5) is 0 Å². The molecule has 29 heavy (non-hydrogen) atoms. The van der Waals surface area contributed by atoms with Gasteiger partial charge in [0.1, 0.15) is 13.2 Å². The van der Waals surface area contributed by atoms with Crippen molar-refractivity contribution in [3.63, 3.8) is 0 Å². The van der Waals surface area contributed by atoms with Gasteiger partial charge in [0.2, 0.25) is 5.43 Å². The third-order valence-corrected chi connectivity index (χ3v) is 4.63. The van der Waals surface area contributed by atoms with Gasteiger partial charge < -0.3 is 14.8 Å². The van der Waals surface area contributed by atoms with E-state index in [0.717, 1.165) is 17.0 Å². The van der Waals surface area contributed by atoms with Crippen LogP contribution in [-0.2, 0) is 6.42 Å². The quantitative estimate of drug-likeness (QED) is 0.722. The summed E-state index contributed by atoms with van der Waals surface area (Å²) in [6, 6.07) is 16.5. The van der Waals surface area contributed by atoms with Gasteiger partial charge in [0.05, 0.1) is 5.69 Å². The molecule has 0 fully saturated rings. The second kappa shape index (κ2) is 8.18. The smallest absolute Gasteiger partial charge is 0.275 e. The van der Waals surface area contributed by atoms with Gasteiger partial charge in [0, 0.05) is 18.3 Å². The Bertz CT molecular complexity index is 1090. The van der Waals surface area contributed by atoms with Crippen LogP contribution in [-0.4, -0.2) is 35.4 Å². The predicted octanol–water partition coefficient (Wildman–Crippen LogP) is 2.28. The first-order chi connectivity index (χ1) is 14.1. The lowest BCUT2D eigenvalue weighted by Crippen LogP contribution is -2.33. The predicted molar refractivity (Wildman–Crippen MR) is 108 cm³/mol. The lowest BCUT2D eigenvalue weighted by Gasteiger charge is -2.18. The number of para-hydroxylation sites is 1. The standard InChI is InChI=1S/C22H21N3O4/c1-15-13-18(26)21(24-25(15)17-5-3-2-4-6-17)22(27)23-10-9-16-7-8-19-20(14-16)29-12-11-28-19/h2-8,13-14H,9-12H2,1H3,(H,23,27). The zero-order chi connectivity index (χ0) is 20.2. The van der Waals surface area contributed by atoms with Gasteiger partial charge in [-0.05, 0) is 43.2 Å². The van der Waals surface area contributed by atoms with Gasteiger partial charge in [0.15, 0.2) is 17.2 Å². The van der Waals surface area contributed by atoms with E-state index >= 15 is 0 Å². The maximum Gasteiger partial charge on any atom is 0.275 e. The average molecular weight is 391 g/mol. The molecular formula is C22H21N3O4. The number of hydrogen-bond donors (Lipinski definition) is 1. The monoisotopic (exact) mass is 391 g/mol. The molecule has 4 rings (SSSR count). The highest BCUT2D eigenvalue weighted by Gasteiger charge is 2.16. The Morgan fingerprint density at radius 1 is 1.07 bits per heavy atom. The molecule has 1 amide bonds. The summed E-state index contributed by atoms with van der Waals surface area (Å²) in [7, 11) is 0. The molecule has 1 aliphatic heterocycles. The van der Waals surface area contributed by atoms with Crippen molar-refractivity contribution in [3.8, 4) is 17.2 Å². The molecular weight excluding hydrogens is 370 g/mol. The summed E-state index contributed by atoms with van der Waals surface area (Å²) in [6.07, 6.45) is 0.598. The van der Waals surface area contributed by atoms with Gasteiger partial charge in [0.25, 0.3) is 5.91 Å². The van der Waals surface area contributed by atoms with Crippen molar-refractivity contribution in [2.24, 2.45) is 0 Å². The number of carbonyl (C=O) groups excluding carboxylic acids is 1. The molecule has 2 heterocycles. The molecule has 7 heteroatoms. The second-order valence-electron chi connectivity index (χ2n) is 6.73. The van der Waals surface area contributed by atoms with Crippen molar-refractivity contribution in [2.45, 2.75) is 13.3 Å². The number of rotatable bonds is 5. The highest BCUT2D eigenvalue weighted by Crippen LogP contribution is 2.30. The number of aromatic nitrogens is 2. The van der Waals surface area contributed by atoms with Crippen molar-refractivity contribution in [1.82, 2.24) is 15.1 Å². The van der Waals surface area contributed by atoms with Crippen LogP contribution in [0.3, 0.4) is 0 Å². The lowest BCUT2D eigenvalue weighted by atomic mass is 10.1. The Morgan fingerprint density at radius 3 is 2.62 bits per heavy atom. The van der Waals surface area contributed by atoms with Crippen LogP contribution in [0.25, 0.3) is 5.69 Å². The van der Waals surface area contributed by atoms with Crippen molar-refractivity contribution in [1.29, 1.82) is 0 Å². The molecule has 148 valence electrons. The van der Waals surface area contributed by atoms with E-state index in [4.69, 9.17) is 9.47 Å². The van der Waals surface area contributed by atoms with Gasteiger partial charge in [-0.3, -0.25) is 9.59 Å². The first kappa shape index (κ1) is 18.7. The first-order valence-corrected chi connectivity index (χ1v) is 9.45. The number of nitrogens with one attached hydrogen (secondary N) is 1. The van der Waals surface area contributed by atoms with Gasteiger partial charge in [-0.2, -0.15) is 5.10 Å². The van der Waals surface area contributed by atoms with Crippen LogP contribution >= 0.6 is 0 Å².